The fourth-order valence-electron chi connectivity index (χ4n) is 2.53. The molecule has 0 heterocycles. The second-order valence-corrected chi connectivity index (χ2v) is 5.43. The van der Waals surface area contributed by atoms with Gasteiger partial charge in [0.2, 0.25) is 0 Å². The summed E-state index contributed by atoms with van der Waals surface area (Å²) < 4.78 is 19.3. The summed E-state index contributed by atoms with van der Waals surface area (Å²) in [6, 6.07) is 12.4. The van der Waals surface area contributed by atoms with Gasteiger partial charge in [0.25, 0.3) is 0 Å². The number of benzene rings is 2. The Morgan fingerprint density at radius 3 is 2.68 bits per heavy atom. The van der Waals surface area contributed by atoms with Crippen molar-refractivity contribution < 1.29 is 9.13 Å². The molecule has 0 bridgehead atoms. The van der Waals surface area contributed by atoms with E-state index in [1.54, 1.807) is 13.2 Å². The molecule has 0 aliphatic rings. The van der Waals surface area contributed by atoms with E-state index in [0.29, 0.717) is 6.42 Å². The third kappa shape index (κ3) is 3.40. The van der Waals surface area contributed by atoms with Crippen LogP contribution < -0.4 is 4.74 Å². The quantitative estimate of drug-likeness (QED) is 0.785. The van der Waals surface area contributed by atoms with Gasteiger partial charge < -0.3 is 4.74 Å². The molecule has 0 saturated carbocycles. The first-order valence-electron chi connectivity index (χ1n) is 7.10. The number of aryl methyl sites for hydroxylation is 1. The number of nitriles is 1. The number of nitrogens with zero attached hydrogens (tertiary/aromatic N) is 1. The van der Waals surface area contributed by atoms with Crippen molar-refractivity contribution in [2.24, 2.45) is 0 Å². The molecule has 0 aliphatic carbocycles. The zero-order valence-corrected chi connectivity index (χ0v) is 13.3. The van der Waals surface area contributed by atoms with Crippen molar-refractivity contribution in [1.82, 2.24) is 0 Å². The van der Waals surface area contributed by atoms with E-state index in [-0.39, 0.29) is 10.6 Å². The minimum atomic E-state index is -0.619. The van der Waals surface area contributed by atoms with Gasteiger partial charge in [-0.3, -0.25) is 0 Å². The first-order valence-corrected chi connectivity index (χ1v) is 7.47. The first-order chi connectivity index (χ1) is 10.6. The van der Waals surface area contributed by atoms with Gasteiger partial charge in [-0.2, -0.15) is 5.26 Å². The van der Waals surface area contributed by atoms with Crippen molar-refractivity contribution >= 4 is 11.6 Å². The lowest BCUT2D eigenvalue weighted by molar-refractivity contribution is 0.410. The predicted octanol–water partition coefficient (Wildman–Crippen LogP) is 4.90. The number of hydrogen-bond donors (Lipinski definition) is 0. The zero-order valence-electron chi connectivity index (χ0n) is 12.6. The van der Waals surface area contributed by atoms with Crippen LogP contribution in [0.3, 0.4) is 0 Å². The number of rotatable bonds is 5. The Kier molecular flexibility index (Phi) is 5.41. The van der Waals surface area contributed by atoms with E-state index >= 15 is 0 Å². The second kappa shape index (κ2) is 7.29. The van der Waals surface area contributed by atoms with Gasteiger partial charge in [0, 0.05) is 10.6 Å². The van der Waals surface area contributed by atoms with Gasteiger partial charge in [-0.05, 0) is 42.2 Å². The second-order valence-electron chi connectivity index (χ2n) is 5.02. The van der Waals surface area contributed by atoms with Crippen LogP contribution in [0.5, 0.6) is 5.75 Å². The summed E-state index contributed by atoms with van der Waals surface area (Å²) in [7, 11) is 1.63. The van der Waals surface area contributed by atoms with Crippen LogP contribution in [0.15, 0.2) is 36.4 Å². The van der Waals surface area contributed by atoms with Gasteiger partial charge in [-0.25, -0.2) is 4.39 Å². The van der Waals surface area contributed by atoms with E-state index in [2.05, 4.69) is 6.07 Å². The summed E-state index contributed by atoms with van der Waals surface area (Å²) in [6.45, 7) is 2.04. The fraction of sp³-hybridized carbons (Fsp3) is 0.278. The molecule has 114 valence electrons. The van der Waals surface area contributed by atoms with Gasteiger partial charge in [0.05, 0.1) is 19.1 Å². The summed E-state index contributed by atoms with van der Waals surface area (Å²) >= 11 is 6.06. The molecule has 0 aromatic heterocycles. The molecule has 0 saturated heterocycles. The van der Waals surface area contributed by atoms with Crippen LogP contribution in [0.25, 0.3) is 0 Å². The monoisotopic (exact) mass is 317 g/mol. The van der Waals surface area contributed by atoms with E-state index in [1.165, 1.54) is 12.1 Å². The van der Waals surface area contributed by atoms with Crippen molar-refractivity contribution in [1.29, 1.82) is 5.26 Å². The Hall–Kier alpha value is -2.05. The Morgan fingerprint density at radius 1 is 1.32 bits per heavy atom. The lowest BCUT2D eigenvalue weighted by atomic mass is 9.91. The Labute approximate surface area is 135 Å². The van der Waals surface area contributed by atoms with Crippen LogP contribution in [0.4, 0.5) is 4.39 Å². The van der Waals surface area contributed by atoms with Gasteiger partial charge in [0.1, 0.15) is 11.6 Å². The fourth-order valence-corrected chi connectivity index (χ4v) is 2.82. The molecule has 22 heavy (non-hydrogen) atoms. The molecule has 1 atom stereocenters. The van der Waals surface area contributed by atoms with Crippen LogP contribution in [-0.4, -0.2) is 7.11 Å². The molecule has 0 fully saturated rings. The van der Waals surface area contributed by atoms with Crippen molar-refractivity contribution in [2.75, 3.05) is 7.11 Å². The lowest BCUT2D eigenvalue weighted by Crippen LogP contribution is -2.05. The van der Waals surface area contributed by atoms with Crippen LogP contribution in [-0.2, 0) is 12.8 Å². The highest BCUT2D eigenvalue weighted by Crippen LogP contribution is 2.31. The SMILES string of the molecule is CCc1cc(CC(C#N)c2c(F)cccc2Cl)ccc1OC. The molecule has 2 nitrogen and oxygen atoms in total. The number of halogens is 2. The van der Waals surface area contributed by atoms with Gasteiger partial charge in [0.15, 0.2) is 0 Å². The molecule has 0 N–H and O–H groups in total. The summed E-state index contributed by atoms with van der Waals surface area (Å²) in [5.41, 5.74) is 2.29. The predicted molar refractivity (Wildman–Crippen MR) is 85.8 cm³/mol. The van der Waals surface area contributed by atoms with E-state index in [9.17, 15) is 9.65 Å². The maximum atomic E-state index is 14.0. The van der Waals surface area contributed by atoms with Crippen LogP contribution >= 0.6 is 11.6 Å². The Bertz CT molecular complexity index is 688. The summed E-state index contributed by atoms with van der Waals surface area (Å²) in [5.74, 6) is -0.237. The molecule has 0 spiro atoms. The van der Waals surface area contributed by atoms with Crippen molar-refractivity contribution in [2.45, 2.75) is 25.7 Å². The van der Waals surface area contributed by atoms with E-state index in [1.807, 2.05) is 25.1 Å². The third-order valence-electron chi connectivity index (χ3n) is 3.67. The number of ether oxygens (including phenoxy) is 1. The highest BCUT2D eigenvalue weighted by molar-refractivity contribution is 6.31. The van der Waals surface area contributed by atoms with Crippen molar-refractivity contribution in [3.05, 3.63) is 63.9 Å². The van der Waals surface area contributed by atoms with Crippen LogP contribution in [0.1, 0.15) is 29.5 Å². The van der Waals surface area contributed by atoms with Gasteiger partial charge in [-0.15, -0.1) is 0 Å². The lowest BCUT2D eigenvalue weighted by Gasteiger charge is -2.14. The van der Waals surface area contributed by atoms with E-state index in [4.69, 9.17) is 16.3 Å². The maximum Gasteiger partial charge on any atom is 0.129 e. The molecule has 2 aromatic carbocycles. The Morgan fingerprint density at radius 2 is 2.09 bits per heavy atom. The molecule has 2 aromatic rings. The summed E-state index contributed by atoms with van der Waals surface area (Å²) in [6.07, 6.45) is 1.24. The highest BCUT2D eigenvalue weighted by Gasteiger charge is 2.19. The first kappa shape index (κ1) is 16.3. The normalized spacial score (nSPS) is 11.8. The molecule has 0 amide bonds. The molecule has 0 radical (unpaired) electrons. The van der Waals surface area contributed by atoms with Gasteiger partial charge >= 0.3 is 0 Å². The topological polar surface area (TPSA) is 33.0 Å². The largest absolute Gasteiger partial charge is 0.496 e. The van der Waals surface area contributed by atoms with E-state index in [0.717, 1.165) is 23.3 Å². The molecule has 2 rings (SSSR count). The molecular formula is C18H17ClFNO. The van der Waals surface area contributed by atoms with Crippen molar-refractivity contribution in [3.63, 3.8) is 0 Å². The average Bonchev–Trinajstić information content (AvgIpc) is 2.53. The van der Waals surface area contributed by atoms with Gasteiger partial charge in [-0.1, -0.05) is 36.7 Å². The number of methoxy groups -OCH3 is 1. The maximum absolute atomic E-state index is 14.0. The molecule has 1 unspecified atom stereocenters. The van der Waals surface area contributed by atoms with Crippen LogP contribution in [0, 0.1) is 17.1 Å². The van der Waals surface area contributed by atoms with E-state index < -0.39 is 11.7 Å². The average molecular weight is 318 g/mol. The Balaban J connectivity index is 2.34. The smallest absolute Gasteiger partial charge is 0.129 e. The highest BCUT2D eigenvalue weighted by atomic mass is 35.5. The minimum Gasteiger partial charge on any atom is -0.496 e. The molecule has 0 aliphatic heterocycles. The number of hydrogen-bond acceptors (Lipinski definition) is 2. The van der Waals surface area contributed by atoms with Crippen molar-refractivity contribution in [3.8, 4) is 11.8 Å². The third-order valence-corrected chi connectivity index (χ3v) is 4.00. The zero-order chi connectivity index (χ0) is 16.1. The van der Waals surface area contributed by atoms with Crippen LogP contribution in [0.2, 0.25) is 5.02 Å². The standard InChI is InChI=1S/C18H17ClFNO/c1-3-13-9-12(7-8-17(13)22-2)10-14(11-21)18-15(19)5-4-6-16(18)20/h4-9,14H,3,10H2,1-2H3. The summed E-state index contributed by atoms with van der Waals surface area (Å²) in [4.78, 5) is 0. The molecular weight excluding hydrogens is 301 g/mol. The summed E-state index contributed by atoms with van der Waals surface area (Å²) in [5, 5.41) is 9.70. The minimum absolute atomic E-state index is 0.264. The molecule has 4 heteroatoms.